The smallest absolute Gasteiger partial charge is 0.225 e. The first-order chi connectivity index (χ1) is 15.3. The van der Waals surface area contributed by atoms with E-state index in [0.29, 0.717) is 0 Å². The number of rotatable bonds is 5. The van der Waals surface area contributed by atoms with E-state index in [2.05, 4.69) is 50.0 Å². The summed E-state index contributed by atoms with van der Waals surface area (Å²) in [6, 6.07) is 12.6. The van der Waals surface area contributed by atoms with E-state index >= 15 is 0 Å². The van der Waals surface area contributed by atoms with Gasteiger partial charge in [0.1, 0.15) is 0 Å². The van der Waals surface area contributed by atoms with Crippen molar-refractivity contribution in [3.8, 4) is 11.3 Å². The highest BCUT2D eigenvalue weighted by atomic mass is 15.3. The third kappa shape index (κ3) is 4.51. The van der Waals surface area contributed by atoms with E-state index in [-0.39, 0.29) is 0 Å². The largest absolute Gasteiger partial charge is 0.341 e. The monoisotopic (exact) mass is 415 g/mol. The quantitative estimate of drug-likeness (QED) is 0.634. The Balaban J connectivity index is 1.25. The van der Waals surface area contributed by atoms with Crippen LogP contribution in [0.4, 0.5) is 11.9 Å². The van der Waals surface area contributed by atoms with E-state index < -0.39 is 0 Å². The van der Waals surface area contributed by atoms with Crippen molar-refractivity contribution < 1.29 is 0 Å². The Morgan fingerprint density at radius 2 is 1.48 bits per heavy atom. The minimum absolute atomic E-state index is 0.813. The lowest BCUT2D eigenvalue weighted by Crippen LogP contribution is -2.46. The highest BCUT2D eigenvalue weighted by molar-refractivity contribution is 5.62. The van der Waals surface area contributed by atoms with Crippen LogP contribution in [0, 0.1) is 6.92 Å². The fraction of sp³-hybridized carbons (Fsp3) is 0.417. The zero-order valence-corrected chi connectivity index (χ0v) is 18.1. The van der Waals surface area contributed by atoms with Gasteiger partial charge in [-0.15, -0.1) is 0 Å². The third-order valence-electron chi connectivity index (χ3n) is 6.18. The fourth-order valence-corrected chi connectivity index (χ4v) is 4.37. The summed E-state index contributed by atoms with van der Waals surface area (Å²) in [4.78, 5) is 25.8. The van der Waals surface area contributed by atoms with Gasteiger partial charge in [-0.2, -0.15) is 0 Å². The van der Waals surface area contributed by atoms with E-state index in [4.69, 9.17) is 15.0 Å². The van der Waals surface area contributed by atoms with Crippen LogP contribution in [0.3, 0.4) is 0 Å². The van der Waals surface area contributed by atoms with Crippen molar-refractivity contribution in [1.82, 2.24) is 24.8 Å². The molecule has 5 rings (SSSR count). The number of piperazine rings is 1. The van der Waals surface area contributed by atoms with Crippen molar-refractivity contribution >= 4 is 11.9 Å². The first-order valence-corrected chi connectivity index (χ1v) is 11.2. The molecular weight excluding hydrogens is 386 g/mol. The molecule has 0 N–H and O–H groups in total. The summed E-state index contributed by atoms with van der Waals surface area (Å²) in [5, 5.41) is 0. The topological polar surface area (TPSA) is 61.3 Å². The summed E-state index contributed by atoms with van der Waals surface area (Å²) in [5.41, 5.74) is 4.20. The molecule has 160 valence electrons. The first-order valence-electron chi connectivity index (χ1n) is 11.2. The normalized spacial score (nSPS) is 17.3. The van der Waals surface area contributed by atoms with Crippen LogP contribution in [0.15, 0.2) is 48.8 Å². The molecule has 7 nitrogen and oxygen atoms in total. The van der Waals surface area contributed by atoms with Gasteiger partial charge in [0, 0.05) is 63.8 Å². The Morgan fingerprint density at radius 1 is 0.774 bits per heavy atom. The predicted octanol–water partition coefficient (Wildman–Crippen LogP) is 3.16. The number of aryl methyl sites for hydroxylation is 1. The second kappa shape index (κ2) is 8.98. The zero-order valence-electron chi connectivity index (χ0n) is 18.1. The van der Waals surface area contributed by atoms with Gasteiger partial charge in [-0.1, -0.05) is 30.3 Å². The van der Waals surface area contributed by atoms with Crippen LogP contribution in [0.25, 0.3) is 11.3 Å². The highest BCUT2D eigenvalue weighted by Crippen LogP contribution is 2.24. The molecule has 2 fully saturated rings. The standard InChI is InChI=1S/C24H29N7/c1-19-21(22-9-10-25-23(28-22)30-11-5-6-12-30)17-26-24(27-19)31-15-13-29(14-16-31)18-20-7-3-2-4-8-20/h2-4,7-10,17H,5-6,11-16,18H2,1H3. The van der Waals surface area contributed by atoms with Crippen molar-refractivity contribution in [2.75, 3.05) is 49.1 Å². The van der Waals surface area contributed by atoms with Gasteiger partial charge in [-0.25, -0.2) is 19.9 Å². The van der Waals surface area contributed by atoms with Gasteiger partial charge in [-0.3, -0.25) is 4.90 Å². The molecule has 2 aromatic heterocycles. The summed E-state index contributed by atoms with van der Waals surface area (Å²) < 4.78 is 0. The molecule has 0 bridgehead atoms. The van der Waals surface area contributed by atoms with Crippen LogP contribution in [0.5, 0.6) is 0 Å². The lowest BCUT2D eigenvalue weighted by molar-refractivity contribution is 0.248. The molecule has 1 aromatic carbocycles. The van der Waals surface area contributed by atoms with E-state index in [1.807, 2.05) is 25.4 Å². The van der Waals surface area contributed by atoms with Gasteiger partial charge < -0.3 is 9.80 Å². The Kier molecular flexibility index (Phi) is 5.76. The van der Waals surface area contributed by atoms with Gasteiger partial charge in [0.2, 0.25) is 11.9 Å². The van der Waals surface area contributed by atoms with Gasteiger partial charge >= 0.3 is 0 Å². The van der Waals surface area contributed by atoms with E-state index in [0.717, 1.165) is 74.7 Å². The van der Waals surface area contributed by atoms with Crippen LogP contribution < -0.4 is 9.80 Å². The Hall–Kier alpha value is -3.06. The number of hydrogen-bond acceptors (Lipinski definition) is 7. The number of nitrogens with zero attached hydrogens (tertiary/aromatic N) is 7. The van der Waals surface area contributed by atoms with Crippen molar-refractivity contribution in [3.63, 3.8) is 0 Å². The molecule has 2 aliphatic heterocycles. The van der Waals surface area contributed by atoms with Crippen LogP contribution in [-0.2, 0) is 6.54 Å². The number of benzene rings is 1. The summed E-state index contributed by atoms with van der Waals surface area (Å²) >= 11 is 0. The van der Waals surface area contributed by atoms with E-state index in [1.54, 1.807) is 0 Å². The minimum atomic E-state index is 0.813. The molecule has 0 aliphatic carbocycles. The zero-order chi connectivity index (χ0) is 21.0. The molecule has 2 saturated heterocycles. The summed E-state index contributed by atoms with van der Waals surface area (Å²) in [7, 11) is 0. The average molecular weight is 416 g/mol. The molecule has 0 radical (unpaired) electrons. The van der Waals surface area contributed by atoms with E-state index in [9.17, 15) is 0 Å². The molecule has 0 amide bonds. The second-order valence-electron chi connectivity index (χ2n) is 8.35. The molecule has 0 saturated carbocycles. The Labute approximate surface area is 183 Å². The van der Waals surface area contributed by atoms with Crippen molar-refractivity contribution in [2.45, 2.75) is 26.3 Å². The van der Waals surface area contributed by atoms with E-state index in [1.165, 1.54) is 18.4 Å². The molecule has 7 heteroatoms. The molecule has 31 heavy (non-hydrogen) atoms. The summed E-state index contributed by atoms with van der Waals surface area (Å²) in [6.07, 6.45) is 6.19. The molecule has 0 atom stereocenters. The fourth-order valence-electron chi connectivity index (χ4n) is 4.37. The Bertz CT molecular complexity index is 1010. The molecule has 0 spiro atoms. The predicted molar refractivity (Wildman–Crippen MR) is 123 cm³/mol. The van der Waals surface area contributed by atoms with Gasteiger partial charge in [0.05, 0.1) is 11.4 Å². The van der Waals surface area contributed by atoms with Crippen molar-refractivity contribution in [3.05, 3.63) is 60.0 Å². The highest BCUT2D eigenvalue weighted by Gasteiger charge is 2.21. The molecule has 2 aliphatic rings. The maximum absolute atomic E-state index is 4.83. The maximum atomic E-state index is 4.83. The SMILES string of the molecule is Cc1nc(N2CCN(Cc3ccccc3)CC2)ncc1-c1ccnc(N2CCCC2)n1. The van der Waals surface area contributed by atoms with Crippen LogP contribution >= 0.6 is 0 Å². The van der Waals surface area contributed by atoms with Crippen LogP contribution in [0.2, 0.25) is 0 Å². The molecule has 0 unspecified atom stereocenters. The molecule has 3 aromatic rings. The second-order valence-corrected chi connectivity index (χ2v) is 8.35. The third-order valence-corrected chi connectivity index (χ3v) is 6.18. The van der Waals surface area contributed by atoms with Crippen molar-refractivity contribution in [2.24, 2.45) is 0 Å². The van der Waals surface area contributed by atoms with Crippen molar-refractivity contribution in [1.29, 1.82) is 0 Å². The average Bonchev–Trinajstić information content (AvgIpc) is 3.35. The molecular formula is C24H29N7. The number of aromatic nitrogens is 4. The maximum Gasteiger partial charge on any atom is 0.225 e. The lowest BCUT2D eigenvalue weighted by Gasteiger charge is -2.34. The van der Waals surface area contributed by atoms with Gasteiger partial charge in [0.25, 0.3) is 0 Å². The van der Waals surface area contributed by atoms with Crippen LogP contribution in [-0.4, -0.2) is 64.1 Å². The number of anilines is 2. The summed E-state index contributed by atoms with van der Waals surface area (Å²) in [6.45, 7) is 9.04. The first kappa shape index (κ1) is 19.9. The lowest BCUT2D eigenvalue weighted by atomic mass is 10.1. The Morgan fingerprint density at radius 3 is 2.23 bits per heavy atom. The van der Waals surface area contributed by atoms with Crippen LogP contribution in [0.1, 0.15) is 24.1 Å². The summed E-state index contributed by atoms with van der Waals surface area (Å²) in [5.74, 6) is 1.63. The molecule has 4 heterocycles. The van der Waals surface area contributed by atoms with Gasteiger partial charge in [0.15, 0.2) is 0 Å². The minimum Gasteiger partial charge on any atom is -0.341 e. The van der Waals surface area contributed by atoms with Gasteiger partial charge in [-0.05, 0) is 31.4 Å². The number of hydrogen-bond donors (Lipinski definition) is 0.